The van der Waals surface area contributed by atoms with Gasteiger partial charge in [-0.15, -0.1) is 0 Å². The summed E-state index contributed by atoms with van der Waals surface area (Å²) >= 11 is 0. The van der Waals surface area contributed by atoms with Crippen molar-refractivity contribution in [3.05, 3.63) is 12.3 Å². The summed E-state index contributed by atoms with van der Waals surface area (Å²) in [5, 5.41) is 0. The van der Waals surface area contributed by atoms with E-state index in [2.05, 4.69) is 6.58 Å². The van der Waals surface area contributed by atoms with Crippen LogP contribution in [-0.4, -0.2) is 28.7 Å². The van der Waals surface area contributed by atoms with E-state index in [1.807, 2.05) is 27.7 Å². The van der Waals surface area contributed by atoms with Crippen LogP contribution in [0, 0.1) is 5.92 Å². The second kappa shape index (κ2) is 9.40. The van der Waals surface area contributed by atoms with Crippen LogP contribution in [0.15, 0.2) is 12.3 Å². The van der Waals surface area contributed by atoms with Crippen LogP contribution >= 0.6 is 0 Å². The smallest absolute Gasteiger partial charge is 0.317 e. The van der Waals surface area contributed by atoms with E-state index in [1.54, 1.807) is 34.6 Å². The van der Waals surface area contributed by atoms with Crippen molar-refractivity contribution in [3.63, 3.8) is 0 Å². The third kappa shape index (κ3) is 9.80. The van der Waals surface area contributed by atoms with Crippen LogP contribution < -0.4 is 0 Å². The number of hydrogen-bond donors (Lipinski definition) is 0. The van der Waals surface area contributed by atoms with Crippen molar-refractivity contribution in [2.24, 2.45) is 5.92 Å². The Morgan fingerprint density at radius 3 is 1.77 bits per heavy atom. The van der Waals surface area contributed by atoms with Gasteiger partial charge in [0.25, 0.3) is 0 Å². The molecule has 0 bridgehead atoms. The maximum atomic E-state index is 12.6. The number of esters is 2. The number of hydrogen-bond acceptors (Lipinski definition) is 6. The molecule has 0 saturated carbocycles. The topological polar surface area (TPSA) is 71.1 Å². The molecule has 6 nitrogen and oxygen atoms in total. The van der Waals surface area contributed by atoms with Gasteiger partial charge in [-0.3, -0.25) is 9.59 Å². The fourth-order valence-corrected chi connectivity index (χ4v) is 1.57. The summed E-state index contributed by atoms with van der Waals surface area (Å²) in [4.78, 5) is 35.3. The molecule has 0 amide bonds. The quantitative estimate of drug-likeness (QED) is 0.239. The van der Waals surface area contributed by atoms with Gasteiger partial charge in [-0.1, -0.05) is 20.4 Å². The molecule has 0 aliphatic heterocycles. The Morgan fingerprint density at radius 1 is 0.885 bits per heavy atom. The molecule has 6 heteroatoms. The summed E-state index contributed by atoms with van der Waals surface area (Å²) in [6.45, 7) is 20.2. The van der Waals surface area contributed by atoms with Gasteiger partial charge in [-0.2, -0.15) is 4.89 Å². The molecule has 0 aromatic heterocycles. The SMILES string of the molecule is C=C(OOC(C)(C)C)C(CC(=O)OC(C)(C)CC)C(=O)OC(C)(C)CC. The minimum Gasteiger partial charge on any atom is -0.460 e. The number of rotatable bonds is 10. The Bertz CT molecular complexity index is 499. The zero-order valence-corrected chi connectivity index (χ0v) is 17.9. The standard InChI is InChI=1S/C20H36O6/c1-11-19(7,8)23-16(21)13-15(14(3)25-26-18(4,5)6)17(22)24-20(9,10)12-2/h15H,3,11-13H2,1-2,4-10H3. The monoisotopic (exact) mass is 372 g/mol. The maximum absolute atomic E-state index is 12.6. The van der Waals surface area contributed by atoms with Crippen LogP contribution in [0.3, 0.4) is 0 Å². The molecular formula is C20H36O6. The van der Waals surface area contributed by atoms with Gasteiger partial charge in [0.2, 0.25) is 0 Å². The summed E-state index contributed by atoms with van der Waals surface area (Å²) in [6.07, 6.45) is 1.06. The summed E-state index contributed by atoms with van der Waals surface area (Å²) in [6, 6.07) is 0. The van der Waals surface area contributed by atoms with Gasteiger partial charge < -0.3 is 14.4 Å². The van der Waals surface area contributed by atoms with E-state index in [0.717, 1.165) is 0 Å². The van der Waals surface area contributed by atoms with Crippen LogP contribution in [0.2, 0.25) is 0 Å². The second-order valence-corrected chi connectivity index (χ2v) is 8.62. The van der Waals surface area contributed by atoms with Crippen LogP contribution in [0.5, 0.6) is 0 Å². The van der Waals surface area contributed by atoms with Crippen molar-refractivity contribution in [2.45, 2.75) is 98.4 Å². The highest BCUT2D eigenvalue weighted by molar-refractivity contribution is 5.82. The van der Waals surface area contributed by atoms with E-state index in [-0.39, 0.29) is 12.2 Å². The maximum Gasteiger partial charge on any atom is 0.317 e. The highest BCUT2D eigenvalue weighted by atomic mass is 17.2. The van der Waals surface area contributed by atoms with Crippen LogP contribution in [0.25, 0.3) is 0 Å². The lowest BCUT2D eigenvalue weighted by Gasteiger charge is -2.28. The third-order valence-electron chi connectivity index (χ3n) is 3.91. The van der Waals surface area contributed by atoms with Crippen molar-refractivity contribution >= 4 is 11.9 Å². The predicted molar refractivity (Wildman–Crippen MR) is 100 cm³/mol. The van der Waals surface area contributed by atoms with Gasteiger partial charge in [-0.05, 0) is 61.3 Å². The molecule has 0 fully saturated rings. The molecular weight excluding hydrogens is 336 g/mol. The molecule has 152 valence electrons. The van der Waals surface area contributed by atoms with Crippen LogP contribution in [0.4, 0.5) is 0 Å². The first kappa shape index (κ1) is 24.4. The van der Waals surface area contributed by atoms with E-state index in [1.165, 1.54) is 0 Å². The minimum atomic E-state index is -1.01. The Balaban J connectivity index is 5.24. The van der Waals surface area contributed by atoms with Crippen molar-refractivity contribution in [3.8, 4) is 0 Å². The third-order valence-corrected chi connectivity index (χ3v) is 3.91. The molecule has 0 spiro atoms. The molecule has 0 aliphatic carbocycles. The molecule has 0 aliphatic rings. The normalized spacial score (nSPS) is 13.7. The fourth-order valence-electron chi connectivity index (χ4n) is 1.57. The molecule has 0 saturated heterocycles. The summed E-state index contributed by atoms with van der Waals surface area (Å²) < 4.78 is 11.0. The molecule has 0 radical (unpaired) electrons. The zero-order chi connectivity index (χ0) is 20.8. The molecule has 1 atom stereocenters. The number of ether oxygens (including phenoxy) is 2. The Morgan fingerprint density at radius 2 is 1.35 bits per heavy atom. The van der Waals surface area contributed by atoms with Crippen molar-refractivity contribution in [2.75, 3.05) is 0 Å². The second-order valence-electron chi connectivity index (χ2n) is 8.62. The molecule has 1 unspecified atom stereocenters. The van der Waals surface area contributed by atoms with Gasteiger partial charge in [-0.25, -0.2) is 0 Å². The van der Waals surface area contributed by atoms with E-state index in [4.69, 9.17) is 19.2 Å². The van der Waals surface area contributed by atoms with E-state index >= 15 is 0 Å². The van der Waals surface area contributed by atoms with Gasteiger partial charge in [0.05, 0.1) is 6.42 Å². The van der Waals surface area contributed by atoms with E-state index in [9.17, 15) is 9.59 Å². The lowest BCUT2D eigenvalue weighted by molar-refractivity contribution is -0.325. The first-order chi connectivity index (χ1) is 11.6. The van der Waals surface area contributed by atoms with E-state index in [0.29, 0.717) is 12.8 Å². The van der Waals surface area contributed by atoms with Crippen LogP contribution in [0.1, 0.15) is 81.6 Å². The van der Waals surface area contributed by atoms with Gasteiger partial charge >= 0.3 is 11.9 Å². The van der Waals surface area contributed by atoms with Gasteiger partial charge in [0.1, 0.15) is 28.5 Å². The average molecular weight is 373 g/mol. The molecule has 0 rings (SSSR count). The predicted octanol–water partition coefficient (Wildman–Crippen LogP) is 4.72. The summed E-state index contributed by atoms with van der Waals surface area (Å²) in [7, 11) is 0. The lowest BCUT2D eigenvalue weighted by Crippen LogP contribution is -2.35. The van der Waals surface area contributed by atoms with Crippen LogP contribution in [-0.2, 0) is 28.8 Å². The first-order valence-corrected chi connectivity index (χ1v) is 9.11. The highest BCUT2D eigenvalue weighted by Gasteiger charge is 2.35. The zero-order valence-electron chi connectivity index (χ0n) is 17.9. The highest BCUT2D eigenvalue weighted by Crippen LogP contribution is 2.26. The molecule has 26 heavy (non-hydrogen) atoms. The number of carbonyl (C=O) groups is 2. The molecule has 0 aromatic rings. The Kier molecular flexibility index (Phi) is 8.83. The Labute approximate surface area is 158 Å². The van der Waals surface area contributed by atoms with Gasteiger partial charge in [0.15, 0.2) is 0 Å². The summed E-state index contributed by atoms with van der Waals surface area (Å²) in [5.41, 5.74) is -1.86. The first-order valence-electron chi connectivity index (χ1n) is 9.11. The summed E-state index contributed by atoms with van der Waals surface area (Å²) in [5.74, 6) is -2.11. The molecule has 0 N–H and O–H groups in total. The Hall–Kier alpha value is -1.56. The number of carbonyl (C=O) groups excluding carboxylic acids is 2. The minimum absolute atomic E-state index is 0.0167. The van der Waals surface area contributed by atoms with Crippen molar-refractivity contribution in [1.29, 1.82) is 0 Å². The fraction of sp³-hybridized carbons (Fsp3) is 0.800. The molecule has 0 aromatic carbocycles. The molecule has 0 heterocycles. The lowest BCUT2D eigenvalue weighted by atomic mass is 10.0. The largest absolute Gasteiger partial charge is 0.460 e. The average Bonchev–Trinajstić information content (AvgIpc) is 2.48. The van der Waals surface area contributed by atoms with E-state index < -0.39 is 34.7 Å². The van der Waals surface area contributed by atoms with Crippen molar-refractivity contribution in [1.82, 2.24) is 0 Å². The van der Waals surface area contributed by atoms with Crippen molar-refractivity contribution < 1.29 is 28.8 Å². The van der Waals surface area contributed by atoms with Gasteiger partial charge in [0, 0.05) is 0 Å².